The zero-order valence-corrected chi connectivity index (χ0v) is 12.1. The van der Waals surface area contributed by atoms with Crippen LogP contribution in [0.1, 0.15) is 17.5 Å². The topological polar surface area (TPSA) is 72.2 Å². The summed E-state index contributed by atoms with van der Waals surface area (Å²) in [6, 6.07) is 3.62. The van der Waals surface area contributed by atoms with E-state index in [0.717, 1.165) is 23.8 Å². The SMILES string of the molecule is O=S(=O)(NCCCc1cnoc1)c1cccc(C(F)(F)F)c1. The van der Waals surface area contributed by atoms with Crippen LogP contribution in [0, 0.1) is 0 Å². The molecule has 0 atom stereocenters. The maximum absolute atomic E-state index is 12.6. The number of rotatable bonds is 6. The van der Waals surface area contributed by atoms with Gasteiger partial charge in [0, 0.05) is 12.1 Å². The summed E-state index contributed by atoms with van der Waals surface area (Å²) in [5.41, 5.74) is -0.182. The van der Waals surface area contributed by atoms with E-state index < -0.39 is 26.7 Å². The van der Waals surface area contributed by atoms with Crippen LogP contribution in [-0.4, -0.2) is 20.1 Å². The maximum atomic E-state index is 12.6. The highest BCUT2D eigenvalue weighted by atomic mass is 32.2. The van der Waals surface area contributed by atoms with E-state index in [4.69, 9.17) is 0 Å². The zero-order valence-electron chi connectivity index (χ0n) is 11.3. The van der Waals surface area contributed by atoms with Gasteiger partial charge in [0.1, 0.15) is 6.26 Å². The summed E-state index contributed by atoms with van der Waals surface area (Å²) in [7, 11) is -3.97. The van der Waals surface area contributed by atoms with Crippen LogP contribution in [0.5, 0.6) is 0 Å². The van der Waals surface area contributed by atoms with Gasteiger partial charge in [-0.1, -0.05) is 11.2 Å². The highest BCUT2D eigenvalue weighted by Gasteiger charge is 2.31. The lowest BCUT2D eigenvalue weighted by Gasteiger charge is -2.10. The van der Waals surface area contributed by atoms with Crippen molar-refractivity contribution in [1.82, 2.24) is 9.88 Å². The van der Waals surface area contributed by atoms with Crippen LogP contribution in [0.25, 0.3) is 0 Å². The molecule has 0 saturated carbocycles. The van der Waals surface area contributed by atoms with Gasteiger partial charge in [0.15, 0.2) is 0 Å². The van der Waals surface area contributed by atoms with E-state index in [9.17, 15) is 21.6 Å². The first-order chi connectivity index (χ1) is 10.3. The lowest BCUT2D eigenvalue weighted by molar-refractivity contribution is -0.137. The summed E-state index contributed by atoms with van der Waals surface area (Å²) in [4.78, 5) is -0.410. The van der Waals surface area contributed by atoms with Gasteiger partial charge in [0.2, 0.25) is 10.0 Å². The number of aromatic nitrogens is 1. The summed E-state index contributed by atoms with van der Waals surface area (Å²) in [6.45, 7) is 0.101. The lowest BCUT2D eigenvalue weighted by atomic mass is 10.2. The molecule has 2 aromatic rings. The van der Waals surface area contributed by atoms with Crippen LogP contribution in [0.4, 0.5) is 13.2 Å². The maximum Gasteiger partial charge on any atom is 0.416 e. The summed E-state index contributed by atoms with van der Waals surface area (Å²) in [6.07, 6.45) is -0.601. The number of halogens is 3. The minimum atomic E-state index is -4.58. The second-order valence-corrected chi connectivity index (χ2v) is 6.33. The molecule has 0 aliphatic heterocycles. The third-order valence-electron chi connectivity index (χ3n) is 2.89. The monoisotopic (exact) mass is 334 g/mol. The molecule has 5 nitrogen and oxygen atoms in total. The molecule has 0 amide bonds. The number of hydrogen-bond donors (Lipinski definition) is 1. The first kappa shape index (κ1) is 16.5. The molecular formula is C13H13F3N2O3S. The number of benzene rings is 1. The lowest BCUT2D eigenvalue weighted by Crippen LogP contribution is -2.25. The molecule has 0 aliphatic rings. The number of alkyl halides is 3. The molecule has 0 saturated heterocycles. The van der Waals surface area contributed by atoms with E-state index >= 15 is 0 Å². The molecule has 0 radical (unpaired) electrons. The van der Waals surface area contributed by atoms with Crippen molar-refractivity contribution in [2.45, 2.75) is 23.9 Å². The van der Waals surface area contributed by atoms with Gasteiger partial charge in [-0.3, -0.25) is 0 Å². The van der Waals surface area contributed by atoms with Gasteiger partial charge in [0.05, 0.1) is 16.7 Å². The Bertz CT molecular complexity index is 712. The van der Waals surface area contributed by atoms with Crippen LogP contribution in [0.3, 0.4) is 0 Å². The normalized spacial score (nSPS) is 12.5. The molecule has 0 aliphatic carbocycles. The van der Waals surface area contributed by atoms with Crippen molar-refractivity contribution in [2.75, 3.05) is 6.54 Å². The number of aryl methyl sites for hydroxylation is 1. The second kappa shape index (κ2) is 6.49. The minimum absolute atomic E-state index is 0.101. The molecule has 0 unspecified atom stereocenters. The van der Waals surface area contributed by atoms with Gasteiger partial charge in [-0.25, -0.2) is 13.1 Å². The Kier molecular flexibility index (Phi) is 4.87. The fourth-order valence-corrected chi connectivity index (χ4v) is 2.89. The number of nitrogens with zero attached hydrogens (tertiary/aromatic N) is 1. The average molecular weight is 334 g/mol. The predicted octanol–water partition coefficient (Wildman–Crippen LogP) is 2.60. The average Bonchev–Trinajstić information content (AvgIpc) is 2.96. The van der Waals surface area contributed by atoms with Crippen molar-refractivity contribution in [1.29, 1.82) is 0 Å². The van der Waals surface area contributed by atoms with E-state index in [2.05, 4.69) is 14.4 Å². The molecule has 1 heterocycles. The van der Waals surface area contributed by atoms with Gasteiger partial charge < -0.3 is 4.52 Å². The predicted molar refractivity (Wildman–Crippen MR) is 71.5 cm³/mol. The van der Waals surface area contributed by atoms with E-state index in [1.807, 2.05) is 0 Å². The van der Waals surface area contributed by atoms with Crippen molar-refractivity contribution in [3.05, 3.63) is 47.9 Å². The molecule has 0 fully saturated rings. The summed E-state index contributed by atoms with van der Waals surface area (Å²) in [5, 5.41) is 3.51. The largest absolute Gasteiger partial charge is 0.416 e. The Morgan fingerprint density at radius 2 is 2.05 bits per heavy atom. The van der Waals surface area contributed by atoms with Crippen LogP contribution in [0.15, 0.2) is 46.1 Å². The van der Waals surface area contributed by atoms with Gasteiger partial charge in [-0.05, 0) is 31.0 Å². The van der Waals surface area contributed by atoms with Crippen molar-refractivity contribution in [2.24, 2.45) is 0 Å². The van der Waals surface area contributed by atoms with E-state index in [0.29, 0.717) is 18.9 Å². The first-order valence-corrected chi connectivity index (χ1v) is 7.82. The molecule has 22 heavy (non-hydrogen) atoms. The van der Waals surface area contributed by atoms with Crippen LogP contribution in [0.2, 0.25) is 0 Å². The van der Waals surface area contributed by atoms with E-state index in [1.54, 1.807) is 0 Å². The molecule has 2 rings (SSSR count). The molecule has 120 valence electrons. The smallest absolute Gasteiger partial charge is 0.364 e. The quantitative estimate of drug-likeness (QED) is 0.824. The highest BCUT2D eigenvalue weighted by molar-refractivity contribution is 7.89. The van der Waals surface area contributed by atoms with Crippen LogP contribution in [-0.2, 0) is 22.6 Å². The van der Waals surface area contributed by atoms with Crippen molar-refractivity contribution < 1.29 is 26.1 Å². The van der Waals surface area contributed by atoms with Gasteiger partial charge >= 0.3 is 6.18 Å². The Hall–Kier alpha value is -1.87. The van der Waals surface area contributed by atoms with Crippen molar-refractivity contribution >= 4 is 10.0 Å². The van der Waals surface area contributed by atoms with E-state index in [1.165, 1.54) is 12.5 Å². The van der Waals surface area contributed by atoms with Gasteiger partial charge in [-0.2, -0.15) is 13.2 Å². The molecule has 1 aromatic heterocycles. The molecule has 0 spiro atoms. The highest BCUT2D eigenvalue weighted by Crippen LogP contribution is 2.30. The second-order valence-electron chi connectivity index (χ2n) is 4.56. The summed E-state index contributed by atoms with van der Waals surface area (Å²) in [5.74, 6) is 0. The molecule has 1 aromatic carbocycles. The minimum Gasteiger partial charge on any atom is -0.364 e. The Balaban J connectivity index is 1.98. The standard InChI is InChI=1S/C13H13F3N2O3S/c14-13(15,16)11-4-1-5-12(7-11)22(19,20)18-6-2-3-10-8-17-21-9-10/h1,4-5,7-9,18H,2-3,6H2. The summed E-state index contributed by atoms with van der Waals surface area (Å²) >= 11 is 0. The fourth-order valence-electron chi connectivity index (χ4n) is 1.77. The molecular weight excluding hydrogens is 321 g/mol. The number of nitrogens with one attached hydrogen (secondary N) is 1. The molecule has 9 heteroatoms. The fraction of sp³-hybridized carbons (Fsp3) is 0.308. The molecule has 0 bridgehead atoms. The Labute approximate surface area is 125 Å². The van der Waals surface area contributed by atoms with Gasteiger partial charge in [0.25, 0.3) is 0 Å². The van der Waals surface area contributed by atoms with Gasteiger partial charge in [-0.15, -0.1) is 0 Å². The Morgan fingerprint density at radius 3 is 2.68 bits per heavy atom. The van der Waals surface area contributed by atoms with Crippen LogP contribution >= 0.6 is 0 Å². The molecule has 1 N–H and O–H groups in total. The van der Waals surface area contributed by atoms with Crippen molar-refractivity contribution in [3.8, 4) is 0 Å². The third-order valence-corrected chi connectivity index (χ3v) is 4.35. The third kappa shape index (κ3) is 4.31. The summed E-state index contributed by atoms with van der Waals surface area (Å²) < 4.78 is 68.6. The first-order valence-electron chi connectivity index (χ1n) is 6.34. The zero-order chi connectivity index (χ0) is 16.2. The van der Waals surface area contributed by atoms with E-state index in [-0.39, 0.29) is 6.54 Å². The Morgan fingerprint density at radius 1 is 1.27 bits per heavy atom. The van der Waals surface area contributed by atoms with Crippen LogP contribution < -0.4 is 4.72 Å². The van der Waals surface area contributed by atoms with Crippen molar-refractivity contribution in [3.63, 3.8) is 0 Å². The number of sulfonamides is 1. The number of hydrogen-bond acceptors (Lipinski definition) is 4.